The maximum atomic E-state index is 13.1. The summed E-state index contributed by atoms with van der Waals surface area (Å²) in [5.74, 6) is -1.48. The Balaban J connectivity index is 1.30. The first kappa shape index (κ1) is 39.9. The number of amides is 1. The third-order valence-electron chi connectivity index (χ3n) is 9.37. The van der Waals surface area contributed by atoms with Crippen molar-refractivity contribution in [2.45, 2.75) is 110 Å². The number of esters is 1. The van der Waals surface area contributed by atoms with Crippen LogP contribution in [0, 0.1) is 11.8 Å². The molecule has 0 radical (unpaired) electrons. The van der Waals surface area contributed by atoms with Gasteiger partial charge in [-0.2, -0.15) is 0 Å². The van der Waals surface area contributed by atoms with Gasteiger partial charge in [0.2, 0.25) is 5.91 Å². The molecule has 4 rings (SSSR count). The number of allylic oxidation sites excluding steroid dienone is 2. The molecule has 1 aliphatic carbocycles. The summed E-state index contributed by atoms with van der Waals surface area (Å²) < 4.78 is 65.1. The fourth-order valence-corrected chi connectivity index (χ4v) is 11.7. The zero-order valence-corrected chi connectivity index (χ0v) is 31.6. The number of thiophene rings is 1. The number of rotatable bonds is 17. The second kappa shape index (κ2) is 18.1. The number of aliphatic hydroxyl groups excluding tert-OH is 1. The molecule has 7 atom stereocenters. The lowest BCUT2D eigenvalue weighted by atomic mass is 9.89. The van der Waals surface area contributed by atoms with Crippen molar-refractivity contribution in [2.24, 2.45) is 11.8 Å². The minimum Gasteiger partial charge on any atom is -0.462 e. The Morgan fingerprint density at radius 2 is 1.90 bits per heavy atom. The third kappa shape index (κ3) is 10.3. The van der Waals surface area contributed by atoms with Crippen molar-refractivity contribution < 1.29 is 41.0 Å². The standard InChI is InChI=1S/C36H50N2O9S3/c1-5-37-31-21-24(2)49(42,43)36-30(31)22-35(48-36)50(44,45)38-34(41)16-12-7-6-11-15-28-29(33(23-32(28)40)47-25(3)39)20-19-27(46-4)18-17-26-13-9-8-10-14-26/h6,8-11,13-14,19-20,22,24,27-29,31-33,37,40H,5,7,12,15-18,21,23H2,1-4H3,(H,38,41)/b11-6-,20-19+/t24-,27+,28-,29-,31-,32+,33-/m1/s1. The summed E-state index contributed by atoms with van der Waals surface area (Å²) in [5, 5.41) is 13.5. The van der Waals surface area contributed by atoms with Crippen LogP contribution in [0.1, 0.15) is 82.9 Å². The number of aryl methyl sites for hydroxylation is 1. The Labute approximate surface area is 300 Å². The van der Waals surface area contributed by atoms with E-state index in [2.05, 4.69) is 22.2 Å². The molecule has 1 aliphatic heterocycles. The van der Waals surface area contributed by atoms with Gasteiger partial charge in [0.1, 0.15) is 14.5 Å². The van der Waals surface area contributed by atoms with Crippen LogP contribution in [-0.4, -0.2) is 71.0 Å². The van der Waals surface area contributed by atoms with Gasteiger partial charge in [0.15, 0.2) is 9.84 Å². The summed E-state index contributed by atoms with van der Waals surface area (Å²) >= 11 is 0.681. The summed E-state index contributed by atoms with van der Waals surface area (Å²) in [5.41, 5.74) is 1.64. The van der Waals surface area contributed by atoms with Crippen LogP contribution in [0.3, 0.4) is 0 Å². The average Bonchev–Trinajstić information content (AvgIpc) is 3.65. The van der Waals surface area contributed by atoms with Crippen molar-refractivity contribution in [1.29, 1.82) is 0 Å². The molecular formula is C36H50N2O9S3. The molecule has 1 amide bonds. The van der Waals surface area contributed by atoms with Crippen LogP contribution in [0.25, 0.3) is 0 Å². The van der Waals surface area contributed by atoms with Gasteiger partial charge in [-0.25, -0.2) is 21.6 Å². The van der Waals surface area contributed by atoms with E-state index >= 15 is 0 Å². The summed E-state index contributed by atoms with van der Waals surface area (Å²) in [6, 6.07) is 11.2. The number of benzene rings is 1. The van der Waals surface area contributed by atoms with Gasteiger partial charge < -0.3 is 19.9 Å². The van der Waals surface area contributed by atoms with Gasteiger partial charge in [-0.15, -0.1) is 11.3 Å². The summed E-state index contributed by atoms with van der Waals surface area (Å²) in [6.45, 7) is 5.47. The highest BCUT2D eigenvalue weighted by atomic mass is 32.3. The molecule has 0 saturated heterocycles. The maximum absolute atomic E-state index is 13.1. The number of fused-ring (bicyclic) bond motifs is 1. The van der Waals surface area contributed by atoms with Gasteiger partial charge in [0.05, 0.1) is 17.5 Å². The number of nitrogens with one attached hydrogen (secondary N) is 2. The molecule has 50 heavy (non-hydrogen) atoms. The highest BCUT2D eigenvalue weighted by Crippen LogP contribution is 2.43. The first-order valence-electron chi connectivity index (χ1n) is 17.2. The number of ether oxygens (including phenoxy) is 2. The van der Waals surface area contributed by atoms with E-state index in [-0.39, 0.29) is 38.8 Å². The maximum Gasteiger partial charge on any atom is 0.302 e. The molecule has 0 spiro atoms. The first-order chi connectivity index (χ1) is 23.8. The minimum absolute atomic E-state index is 0.0334. The van der Waals surface area contributed by atoms with Gasteiger partial charge >= 0.3 is 5.97 Å². The molecule has 1 aromatic carbocycles. The molecule has 0 unspecified atom stereocenters. The summed E-state index contributed by atoms with van der Waals surface area (Å²) in [6.07, 6.45) is 10.2. The summed E-state index contributed by atoms with van der Waals surface area (Å²) in [4.78, 5) is 24.4. The Morgan fingerprint density at radius 1 is 1.16 bits per heavy atom. The van der Waals surface area contributed by atoms with E-state index in [0.717, 1.165) is 12.8 Å². The van der Waals surface area contributed by atoms with Gasteiger partial charge in [-0.1, -0.05) is 61.6 Å². The number of sulfonamides is 1. The molecule has 1 fully saturated rings. The van der Waals surface area contributed by atoms with Crippen molar-refractivity contribution >= 4 is 43.1 Å². The van der Waals surface area contributed by atoms with Crippen molar-refractivity contribution in [1.82, 2.24) is 10.0 Å². The highest BCUT2D eigenvalue weighted by molar-refractivity contribution is 7.95. The van der Waals surface area contributed by atoms with Gasteiger partial charge in [-0.3, -0.25) is 9.59 Å². The molecule has 276 valence electrons. The van der Waals surface area contributed by atoms with Crippen LogP contribution in [0.15, 0.2) is 69.1 Å². The van der Waals surface area contributed by atoms with Crippen molar-refractivity contribution in [2.75, 3.05) is 13.7 Å². The van der Waals surface area contributed by atoms with E-state index in [1.807, 2.05) is 49.4 Å². The van der Waals surface area contributed by atoms with Crippen molar-refractivity contribution in [3.63, 3.8) is 0 Å². The predicted octanol–water partition coefficient (Wildman–Crippen LogP) is 5.02. The molecular weight excluding hydrogens is 701 g/mol. The molecule has 14 heteroatoms. The lowest BCUT2D eigenvalue weighted by Gasteiger charge is -2.27. The van der Waals surface area contributed by atoms with E-state index in [1.54, 1.807) is 14.0 Å². The van der Waals surface area contributed by atoms with Crippen LogP contribution in [0.5, 0.6) is 0 Å². The Kier molecular flexibility index (Phi) is 14.4. The number of hydrogen-bond donors (Lipinski definition) is 3. The Morgan fingerprint density at radius 3 is 2.58 bits per heavy atom. The van der Waals surface area contributed by atoms with Gasteiger partial charge in [0, 0.05) is 44.4 Å². The van der Waals surface area contributed by atoms with Crippen LogP contribution in [-0.2, 0) is 45.3 Å². The topological polar surface area (TPSA) is 165 Å². The largest absolute Gasteiger partial charge is 0.462 e. The van der Waals surface area contributed by atoms with Crippen molar-refractivity contribution in [3.05, 3.63) is 71.8 Å². The first-order valence-corrected chi connectivity index (χ1v) is 21.0. The fourth-order valence-electron chi connectivity index (χ4n) is 6.70. The number of carbonyl (C=O) groups is 2. The molecule has 2 aliphatic rings. The lowest BCUT2D eigenvalue weighted by Crippen LogP contribution is -2.33. The van der Waals surface area contributed by atoms with Crippen LogP contribution < -0.4 is 10.0 Å². The fraction of sp³-hybridized carbons (Fsp3) is 0.556. The third-order valence-corrected chi connectivity index (χ3v) is 15.1. The quantitative estimate of drug-likeness (QED) is 0.114. The second-order valence-corrected chi connectivity index (χ2v) is 18.5. The van der Waals surface area contributed by atoms with Crippen LogP contribution >= 0.6 is 11.3 Å². The van der Waals surface area contributed by atoms with Crippen LogP contribution in [0.2, 0.25) is 0 Å². The number of aliphatic hydroxyl groups is 1. The lowest BCUT2D eigenvalue weighted by molar-refractivity contribution is -0.147. The minimum atomic E-state index is -4.25. The molecule has 11 nitrogen and oxygen atoms in total. The van der Waals surface area contributed by atoms with E-state index in [1.165, 1.54) is 18.6 Å². The zero-order valence-electron chi connectivity index (χ0n) is 29.1. The Bertz CT molecular complexity index is 1720. The smallest absolute Gasteiger partial charge is 0.302 e. The van der Waals surface area contributed by atoms with E-state index in [0.29, 0.717) is 55.5 Å². The molecule has 0 bridgehead atoms. The molecule has 2 heterocycles. The van der Waals surface area contributed by atoms with Gasteiger partial charge in [0.25, 0.3) is 10.0 Å². The average molecular weight is 751 g/mol. The number of carbonyl (C=O) groups excluding carboxylic acids is 2. The number of methoxy groups -OCH3 is 1. The van der Waals surface area contributed by atoms with E-state index < -0.39 is 49.2 Å². The SMILES string of the molecule is CCN[C@@H]1C[C@@H](C)S(=O)(=O)c2sc(S(=O)(=O)NC(=O)CCC/C=C\C[C@@H]3[C@@H](/C=C/[C@H](CCc4ccccc4)OC)[C@H](OC(C)=O)C[C@@H]3O)cc21. The summed E-state index contributed by atoms with van der Waals surface area (Å²) in [7, 11) is -6.25. The molecule has 1 saturated carbocycles. The number of unbranched alkanes of at least 4 members (excludes halogenated alkanes) is 1. The molecule has 3 N–H and O–H groups in total. The van der Waals surface area contributed by atoms with Gasteiger partial charge in [-0.05, 0) is 69.5 Å². The monoisotopic (exact) mass is 750 g/mol. The normalized spacial score (nSPS) is 25.5. The van der Waals surface area contributed by atoms with E-state index in [4.69, 9.17) is 9.47 Å². The number of sulfone groups is 1. The Hall–Kier alpha value is -2.88. The molecule has 2 aromatic rings. The van der Waals surface area contributed by atoms with Crippen molar-refractivity contribution in [3.8, 4) is 0 Å². The predicted molar refractivity (Wildman–Crippen MR) is 193 cm³/mol. The second-order valence-electron chi connectivity index (χ2n) is 13.0. The van der Waals surface area contributed by atoms with E-state index in [9.17, 15) is 31.5 Å². The molecule has 1 aromatic heterocycles. The number of hydrogen-bond acceptors (Lipinski definition) is 11. The highest BCUT2D eigenvalue weighted by Gasteiger charge is 2.42. The van der Waals surface area contributed by atoms with Crippen LogP contribution in [0.4, 0.5) is 0 Å². The zero-order chi connectivity index (χ0) is 36.5.